The molecule has 0 fully saturated rings. The molecule has 0 saturated heterocycles. The fourth-order valence-electron chi connectivity index (χ4n) is 1.80. The highest BCUT2D eigenvalue weighted by Gasteiger charge is 2.15. The van der Waals surface area contributed by atoms with Crippen LogP contribution in [0.15, 0.2) is 28.9 Å². The maximum absolute atomic E-state index is 5.37. The predicted molar refractivity (Wildman–Crippen MR) is 68.5 cm³/mol. The monoisotopic (exact) mass is 221 g/mol. The van der Waals surface area contributed by atoms with E-state index in [1.165, 1.54) is 11.1 Å². The highest BCUT2D eigenvalue weighted by atomic mass is 16.3. The van der Waals surface area contributed by atoms with Gasteiger partial charge >= 0.3 is 0 Å². The molecule has 1 aromatic rings. The lowest BCUT2D eigenvalue weighted by molar-refractivity contribution is 0.491. The second-order valence-corrected chi connectivity index (χ2v) is 4.25. The molecule has 2 heteroatoms. The van der Waals surface area contributed by atoms with E-state index >= 15 is 0 Å². The third kappa shape index (κ3) is 3.53. The van der Waals surface area contributed by atoms with Crippen molar-refractivity contribution in [2.75, 3.05) is 6.54 Å². The zero-order chi connectivity index (χ0) is 12.0. The van der Waals surface area contributed by atoms with E-state index in [1.807, 2.05) is 6.92 Å². The summed E-state index contributed by atoms with van der Waals surface area (Å²) >= 11 is 0. The van der Waals surface area contributed by atoms with Crippen LogP contribution < -0.4 is 5.32 Å². The molecular formula is C14H23NO. The van der Waals surface area contributed by atoms with Crippen LogP contribution in [0.2, 0.25) is 0 Å². The smallest absolute Gasteiger partial charge is 0.105 e. The minimum Gasteiger partial charge on any atom is -0.469 e. The van der Waals surface area contributed by atoms with Crippen LogP contribution in [0.25, 0.3) is 0 Å². The fraction of sp³-hybridized carbons (Fsp3) is 0.571. The first-order chi connectivity index (χ1) is 7.69. The summed E-state index contributed by atoms with van der Waals surface area (Å²) in [4.78, 5) is 0. The van der Waals surface area contributed by atoms with Gasteiger partial charge < -0.3 is 9.73 Å². The summed E-state index contributed by atoms with van der Waals surface area (Å²) in [5.41, 5.74) is 2.55. The summed E-state index contributed by atoms with van der Waals surface area (Å²) in [5, 5.41) is 3.56. The van der Waals surface area contributed by atoms with E-state index in [0.29, 0.717) is 6.04 Å². The summed E-state index contributed by atoms with van der Waals surface area (Å²) in [7, 11) is 0. The van der Waals surface area contributed by atoms with Gasteiger partial charge in [-0.3, -0.25) is 0 Å². The Labute approximate surface area is 98.7 Å². The van der Waals surface area contributed by atoms with E-state index in [-0.39, 0.29) is 0 Å². The van der Waals surface area contributed by atoms with Gasteiger partial charge in [-0.25, -0.2) is 0 Å². The van der Waals surface area contributed by atoms with Crippen molar-refractivity contribution in [3.05, 3.63) is 35.8 Å². The van der Waals surface area contributed by atoms with Gasteiger partial charge in [0.15, 0.2) is 0 Å². The van der Waals surface area contributed by atoms with Gasteiger partial charge in [0, 0.05) is 11.6 Å². The Morgan fingerprint density at radius 3 is 2.75 bits per heavy atom. The van der Waals surface area contributed by atoms with Crippen LogP contribution in [0.1, 0.15) is 50.5 Å². The molecule has 1 atom stereocenters. The first-order valence-electron chi connectivity index (χ1n) is 6.13. The van der Waals surface area contributed by atoms with Crippen LogP contribution >= 0.6 is 0 Å². The zero-order valence-corrected chi connectivity index (χ0v) is 10.7. The Hall–Kier alpha value is -1.02. The number of furan rings is 1. The number of hydrogen-bond acceptors (Lipinski definition) is 2. The van der Waals surface area contributed by atoms with Gasteiger partial charge in [-0.1, -0.05) is 26.0 Å². The SMILES string of the molecule is C=C(CC)CC(NCCC)c1ccoc1C. The lowest BCUT2D eigenvalue weighted by Gasteiger charge is -2.19. The highest BCUT2D eigenvalue weighted by molar-refractivity contribution is 5.22. The standard InChI is InChI=1S/C14H23NO/c1-5-8-15-14(10-11(3)6-2)13-7-9-16-12(13)4/h7,9,14-15H,3,5-6,8,10H2,1-2,4H3. The van der Waals surface area contributed by atoms with Crippen LogP contribution in [0, 0.1) is 6.92 Å². The van der Waals surface area contributed by atoms with Crippen LogP contribution in [-0.2, 0) is 0 Å². The first kappa shape index (κ1) is 13.0. The molecular weight excluding hydrogens is 198 g/mol. The molecule has 0 aliphatic carbocycles. The summed E-state index contributed by atoms with van der Waals surface area (Å²) in [6, 6.07) is 2.41. The number of nitrogens with one attached hydrogen (secondary N) is 1. The molecule has 1 unspecified atom stereocenters. The number of rotatable bonds is 7. The summed E-state index contributed by atoms with van der Waals surface area (Å²) in [6.07, 6.45) is 4.95. The quantitative estimate of drug-likeness (QED) is 0.704. The Balaban J connectivity index is 2.71. The average Bonchev–Trinajstić information content (AvgIpc) is 2.70. The van der Waals surface area contributed by atoms with Gasteiger partial charge in [0.1, 0.15) is 5.76 Å². The van der Waals surface area contributed by atoms with E-state index < -0.39 is 0 Å². The third-order valence-electron chi connectivity index (χ3n) is 2.91. The van der Waals surface area contributed by atoms with Gasteiger partial charge in [0.2, 0.25) is 0 Å². The van der Waals surface area contributed by atoms with Gasteiger partial charge in [-0.2, -0.15) is 0 Å². The van der Waals surface area contributed by atoms with E-state index in [4.69, 9.17) is 4.42 Å². The summed E-state index contributed by atoms with van der Waals surface area (Å²) in [5.74, 6) is 1.01. The third-order valence-corrected chi connectivity index (χ3v) is 2.91. The van der Waals surface area contributed by atoms with Crippen LogP contribution in [0.4, 0.5) is 0 Å². The van der Waals surface area contributed by atoms with Crippen molar-refractivity contribution < 1.29 is 4.42 Å². The highest BCUT2D eigenvalue weighted by Crippen LogP contribution is 2.25. The van der Waals surface area contributed by atoms with Crippen molar-refractivity contribution in [2.45, 2.75) is 46.1 Å². The Morgan fingerprint density at radius 2 is 2.25 bits per heavy atom. The van der Waals surface area contributed by atoms with E-state index in [1.54, 1.807) is 6.26 Å². The molecule has 16 heavy (non-hydrogen) atoms. The average molecular weight is 221 g/mol. The van der Waals surface area contributed by atoms with Gasteiger partial charge in [0.05, 0.1) is 6.26 Å². The lowest BCUT2D eigenvalue weighted by atomic mass is 9.99. The molecule has 1 aromatic heterocycles. The topological polar surface area (TPSA) is 25.2 Å². The molecule has 0 aromatic carbocycles. The molecule has 0 aliphatic heterocycles. The molecule has 0 bridgehead atoms. The van der Waals surface area contributed by atoms with Gasteiger partial charge in [0.25, 0.3) is 0 Å². The molecule has 1 N–H and O–H groups in total. The molecule has 1 heterocycles. The van der Waals surface area contributed by atoms with Crippen molar-refractivity contribution >= 4 is 0 Å². The molecule has 2 nitrogen and oxygen atoms in total. The van der Waals surface area contributed by atoms with Crippen LogP contribution in [0.5, 0.6) is 0 Å². The van der Waals surface area contributed by atoms with Crippen LogP contribution in [0.3, 0.4) is 0 Å². The van der Waals surface area contributed by atoms with E-state index in [2.05, 4.69) is 31.8 Å². The maximum Gasteiger partial charge on any atom is 0.105 e. The zero-order valence-electron chi connectivity index (χ0n) is 10.7. The van der Waals surface area contributed by atoms with Crippen molar-refractivity contribution in [2.24, 2.45) is 0 Å². The fourth-order valence-corrected chi connectivity index (χ4v) is 1.80. The molecule has 90 valence electrons. The minimum atomic E-state index is 0.353. The Morgan fingerprint density at radius 1 is 1.50 bits per heavy atom. The second-order valence-electron chi connectivity index (χ2n) is 4.25. The molecule has 0 radical (unpaired) electrons. The molecule has 0 amide bonds. The maximum atomic E-state index is 5.37. The van der Waals surface area contributed by atoms with Crippen molar-refractivity contribution in [3.63, 3.8) is 0 Å². The van der Waals surface area contributed by atoms with Gasteiger partial charge in [-0.15, -0.1) is 0 Å². The number of hydrogen-bond donors (Lipinski definition) is 1. The Kier molecular flexibility index (Phi) is 5.33. The van der Waals surface area contributed by atoms with E-state index in [9.17, 15) is 0 Å². The normalized spacial score (nSPS) is 12.7. The molecule has 0 aliphatic rings. The van der Waals surface area contributed by atoms with Crippen LogP contribution in [-0.4, -0.2) is 6.54 Å². The number of aryl methyl sites for hydroxylation is 1. The second kappa shape index (κ2) is 6.54. The van der Waals surface area contributed by atoms with Gasteiger partial charge in [-0.05, 0) is 38.8 Å². The lowest BCUT2D eigenvalue weighted by Crippen LogP contribution is -2.22. The van der Waals surface area contributed by atoms with Crippen molar-refractivity contribution in [1.82, 2.24) is 5.32 Å². The van der Waals surface area contributed by atoms with Crippen molar-refractivity contribution in [1.29, 1.82) is 0 Å². The molecule has 1 rings (SSSR count). The minimum absolute atomic E-state index is 0.353. The predicted octanol–water partition coefficient (Wildman–Crippen LogP) is 3.99. The van der Waals surface area contributed by atoms with E-state index in [0.717, 1.165) is 31.6 Å². The first-order valence-corrected chi connectivity index (χ1v) is 6.13. The van der Waals surface area contributed by atoms with Crippen molar-refractivity contribution in [3.8, 4) is 0 Å². The Bertz CT molecular complexity index is 327. The molecule has 0 saturated carbocycles. The summed E-state index contributed by atoms with van der Waals surface area (Å²) in [6.45, 7) is 11.5. The molecule has 0 spiro atoms. The largest absolute Gasteiger partial charge is 0.469 e. The summed E-state index contributed by atoms with van der Waals surface area (Å²) < 4.78 is 5.37.